The first-order valence-corrected chi connectivity index (χ1v) is 12.0. The molecule has 0 bridgehead atoms. The Labute approximate surface area is 188 Å². The smallest absolute Gasteiger partial charge is 0.247 e. The molecule has 0 saturated carbocycles. The third-order valence-electron chi connectivity index (χ3n) is 6.45. The van der Waals surface area contributed by atoms with Gasteiger partial charge in [0.25, 0.3) is 0 Å². The van der Waals surface area contributed by atoms with Crippen molar-refractivity contribution in [2.75, 3.05) is 18.4 Å². The van der Waals surface area contributed by atoms with Crippen LogP contribution in [0.3, 0.4) is 0 Å². The Morgan fingerprint density at radius 3 is 2.71 bits per heavy atom. The number of aryl methyl sites for hydroxylation is 1. The van der Waals surface area contributed by atoms with Crippen molar-refractivity contribution in [1.29, 1.82) is 0 Å². The van der Waals surface area contributed by atoms with E-state index in [1.807, 2.05) is 24.9 Å². The van der Waals surface area contributed by atoms with E-state index in [4.69, 9.17) is 0 Å². The average molecular weight is 435 g/mol. The molecular weight excluding hydrogens is 404 g/mol. The van der Waals surface area contributed by atoms with Crippen LogP contribution in [0.15, 0.2) is 47.5 Å². The molecule has 3 aromatic rings. The summed E-state index contributed by atoms with van der Waals surface area (Å²) in [5.41, 5.74) is 5.77. The Morgan fingerprint density at radius 2 is 1.87 bits per heavy atom. The molecule has 0 spiro atoms. The van der Waals surface area contributed by atoms with Gasteiger partial charge in [-0.3, -0.25) is 4.79 Å². The van der Waals surface area contributed by atoms with E-state index < -0.39 is 0 Å². The molecule has 0 radical (unpaired) electrons. The highest BCUT2D eigenvalue weighted by atomic mass is 32.2. The van der Waals surface area contributed by atoms with Crippen molar-refractivity contribution < 1.29 is 4.79 Å². The van der Waals surface area contributed by atoms with Crippen LogP contribution < -0.4 is 10.6 Å². The molecule has 2 aliphatic rings. The molecule has 1 unspecified atom stereocenters. The second kappa shape index (κ2) is 8.69. The quantitative estimate of drug-likeness (QED) is 0.539. The lowest BCUT2D eigenvalue weighted by Crippen LogP contribution is -2.23. The van der Waals surface area contributed by atoms with Gasteiger partial charge in [0.15, 0.2) is 0 Å². The Balaban J connectivity index is 1.34. The maximum atomic E-state index is 13.0. The van der Waals surface area contributed by atoms with Gasteiger partial charge in [-0.1, -0.05) is 12.5 Å². The monoisotopic (exact) mass is 434 g/mol. The second-order valence-electron chi connectivity index (χ2n) is 8.73. The number of piperidine rings is 1. The minimum Gasteiger partial charge on any atom is -0.335 e. The van der Waals surface area contributed by atoms with Crippen molar-refractivity contribution in [3.8, 4) is 0 Å². The van der Waals surface area contributed by atoms with Crippen molar-refractivity contribution in [2.45, 2.75) is 57.1 Å². The summed E-state index contributed by atoms with van der Waals surface area (Å²) in [6.07, 6.45) is 6.03. The SMILES string of the molecule is Cc1cn(C(C)C(=O)Nc2ccc3c(c2)CNC3)c2ccc(SN3CCCCC3)cc12. The summed E-state index contributed by atoms with van der Waals surface area (Å²) in [7, 11) is 0. The number of benzene rings is 2. The third kappa shape index (κ3) is 4.25. The van der Waals surface area contributed by atoms with Gasteiger partial charge in [0.05, 0.1) is 0 Å². The van der Waals surface area contributed by atoms with Crippen molar-refractivity contribution in [3.05, 3.63) is 59.3 Å². The van der Waals surface area contributed by atoms with Crippen molar-refractivity contribution in [2.24, 2.45) is 0 Å². The summed E-state index contributed by atoms with van der Waals surface area (Å²) in [4.78, 5) is 14.3. The van der Waals surface area contributed by atoms with Crippen molar-refractivity contribution in [1.82, 2.24) is 14.2 Å². The number of anilines is 1. The zero-order valence-electron chi connectivity index (χ0n) is 18.3. The van der Waals surface area contributed by atoms with Crippen LogP contribution in [0.4, 0.5) is 5.69 Å². The van der Waals surface area contributed by atoms with Crippen LogP contribution in [-0.4, -0.2) is 27.9 Å². The summed E-state index contributed by atoms with van der Waals surface area (Å²) < 4.78 is 4.57. The largest absolute Gasteiger partial charge is 0.335 e. The lowest BCUT2D eigenvalue weighted by atomic mass is 10.1. The molecule has 3 heterocycles. The minimum absolute atomic E-state index is 0.00887. The van der Waals surface area contributed by atoms with E-state index in [1.165, 1.54) is 59.3 Å². The van der Waals surface area contributed by atoms with Crippen LogP contribution in [0, 0.1) is 6.92 Å². The summed E-state index contributed by atoms with van der Waals surface area (Å²) in [6.45, 7) is 8.21. The predicted molar refractivity (Wildman–Crippen MR) is 128 cm³/mol. The maximum Gasteiger partial charge on any atom is 0.247 e. The van der Waals surface area contributed by atoms with Gasteiger partial charge >= 0.3 is 0 Å². The zero-order chi connectivity index (χ0) is 21.4. The summed E-state index contributed by atoms with van der Waals surface area (Å²) in [5, 5.41) is 7.69. The summed E-state index contributed by atoms with van der Waals surface area (Å²) >= 11 is 1.86. The Morgan fingerprint density at radius 1 is 1.06 bits per heavy atom. The molecular formula is C25H30N4OS. The van der Waals surface area contributed by atoms with Crippen LogP contribution in [-0.2, 0) is 17.9 Å². The number of carbonyl (C=O) groups excluding carboxylic acids is 1. The Hall–Kier alpha value is -2.28. The number of aromatic nitrogens is 1. The lowest BCUT2D eigenvalue weighted by Gasteiger charge is -2.25. The zero-order valence-corrected chi connectivity index (χ0v) is 19.1. The highest BCUT2D eigenvalue weighted by molar-refractivity contribution is 7.97. The van der Waals surface area contributed by atoms with Crippen LogP contribution in [0.5, 0.6) is 0 Å². The van der Waals surface area contributed by atoms with Crippen molar-refractivity contribution in [3.63, 3.8) is 0 Å². The van der Waals surface area contributed by atoms with Gasteiger partial charge in [-0.05, 0) is 85.7 Å². The van der Waals surface area contributed by atoms with Crippen LogP contribution in [0.1, 0.15) is 48.9 Å². The molecule has 31 heavy (non-hydrogen) atoms. The highest BCUT2D eigenvalue weighted by Crippen LogP contribution is 2.32. The molecule has 162 valence electrons. The maximum absolute atomic E-state index is 13.0. The molecule has 1 amide bonds. The first-order valence-electron chi connectivity index (χ1n) is 11.3. The Bertz CT molecular complexity index is 1120. The molecule has 1 saturated heterocycles. The molecule has 5 rings (SSSR count). The van der Waals surface area contributed by atoms with Gasteiger partial charge in [0.1, 0.15) is 6.04 Å². The topological polar surface area (TPSA) is 49.3 Å². The van der Waals surface area contributed by atoms with Crippen LogP contribution in [0.2, 0.25) is 0 Å². The summed E-state index contributed by atoms with van der Waals surface area (Å²) in [5.74, 6) is 0.00887. The number of nitrogens with zero attached hydrogens (tertiary/aromatic N) is 2. The van der Waals surface area contributed by atoms with Gasteiger partial charge in [-0.2, -0.15) is 0 Å². The standard InChI is InChI=1S/C25H30N4OS/c1-17-16-29(18(2)25(30)27-21-7-6-19-14-26-15-20(19)12-21)24-9-8-22(13-23(17)24)31-28-10-4-3-5-11-28/h6-9,12-13,16,18,26H,3-5,10-11,14-15H2,1-2H3,(H,27,30). The number of rotatable bonds is 5. The third-order valence-corrected chi connectivity index (χ3v) is 7.54. The molecule has 6 heteroatoms. The number of amides is 1. The molecule has 0 aliphatic carbocycles. The number of carbonyl (C=O) groups is 1. The molecule has 1 aromatic heterocycles. The number of fused-ring (bicyclic) bond motifs is 2. The molecule has 2 N–H and O–H groups in total. The van der Waals surface area contributed by atoms with E-state index in [1.54, 1.807) is 0 Å². The van der Waals surface area contributed by atoms with Gasteiger partial charge in [-0.25, -0.2) is 4.31 Å². The first kappa shape index (κ1) is 20.6. The highest BCUT2D eigenvalue weighted by Gasteiger charge is 2.20. The van der Waals surface area contributed by atoms with Gasteiger partial charge in [-0.15, -0.1) is 0 Å². The minimum atomic E-state index is -0.289. The average Bonchev–Trinajstić information content (AvgIpc) is 3.38. The molecule has 1 atom stereocenters. The van der Waals surface area contributed by atoms with Gasteiger partial charge in [0, 0.05) is 53.9 Å². The van der Waals surface area contributed by atoms with Crippen molar-refractivity contribution >= 4 is 34.4 Å². The van der Waals surface area contributed by atoms with E-state index in [0.29, 0.717) is 0 Å². The van der Waals surface area contributed by atoms with E-state index >= 15 is 0 Å². The number of hydrogen-bond acceptors (Lipinski definition) is 4. The predicted octanol–water partition coefficient (Wildman–Crippen LogP) is 5.25. The first-order chi connectivity index (χ1) is 15.1. The summed E-state index contributed by atoms with van der Waals surface area (Å²) in [6, 6.07) is 12.5. The second-order valence-corrected chi connectivity index (χ2v) is 9.90. The lowest BCUT2D eigenvalue weighted by molar-refractivity contribution is -0.118. The molecule has 2 aromatic carbocycles. The van der Waals surface area contributed by atoms with Crippen LogP contribution >= 0.6 is 11.9 Å². The number of nitrogens with one attached hydrogen (secondary N) is 2. The fraction of sp³-hybridized carbons (Fsp3) is 0.400. The fourth-order valence-electron chi connectivity index (χ4n) is 4.63. The van der Waals surface area contributed by atoms with Crippen LogP contribution in [0.25, 0.3) is 10.9 Å². The fourth-order valence-corrected chi connectivity index (χ4v) is 5.67. The van der Waals surface area contributed by atoms with Gasteiger partial charge in [0.2, 0.25) is 5.91 Å². The van der Waals surface area contributed by atoms with E-state index in [-0.39, 0.29) is 11.9 Å². The van der Waals surface area contributed by atoms with Gasteiger partial charge < -0.3 is 15.2 Å². The molecule has 2 aliphatic heterocycles. The molecule has 5 nitrogen and oxygen atoms in total. The van der Waals surface area contributed by atoms with E-state index in [0.717, 1.165) is 24.3 Å². The number of hydrogen-bond donors (Lipinski definition) is 2. The molecule has 1 fully saturated rings. The van der Waals surface area contributed by atoms with E-state index in [9.17, 15) is 4.79 Å². The normalized spacial score (nSPS) is 17.6. The van der Waals surface area contributed by atoms with E-state index in [2.05, 4.69) is 63.0 Å². The Kier molecular flexibility index (Phi) is 5.78.